The molecule has 5 aliphatic rings. The van der Waals surface area contributed by atoms with Crippen LogP contribution < -0.4 is 0 Å². The van der Waals surface area contributed by atoms with Crippen molar-refractivity contribution in [1.82, 2.24) is 0 Å². The molecule has 4 unspecified atom stereocenters. The molecule has 1 spiro atoms. The molecule has 3 saturated carbocycles. The monoisotopic (exact) mass is 504 g/mol. The molecule has 7 atom stereocenters. The number of carbonyl (C=O) groups is 1. The van der Waals surface area contributed by atoms with Crippen LogP contribution >= 0.6 is 0 Å². The van der Waals surface area contributed by atoms with Crippen LogP contribution in [0.1, 0.15) is 86.5 Å². The maximum absolute atomic E-state index is 12.3. The van der Waals surface area contributed by atoms with Crippen molar-refractivity contribution in [3.63, 3.8) is 0 Å². The van der Waals surface area contributed by atoms with Crippen LogP contribution in [0.25, 0.3) is 0 Å². The molecule has 1 heterocycles. The number of carbonyl (C=O) groups excluding carboxylic acids is 1. The molecule has 198 valence electrons. The lowest BCUT2D eigenvalue weighted by Crippen LogP contribution is -2.58. The van der Waals surface area contributed by atoms with Crippen LogP contribution in [-0.2, 0) is 23.4 Å². The van der Waals surface area contributed by atoms with Crippen molar-refractivity contribution in [3.8, 4) is 0 Å². The minimum atomic E-state index is -1.84. The maximum atomic E-state index is 12.3. The van der Waals surface area contributed by atoms with Crippen LogP contribution in [0.5, 0.6) is 0 Å². The van der Waals surface area contributed by atoms with Gasteiger partial charge in [0.2, 0.25) is 0 Å². The molecule has 1 aliphatic heterocycles. The van der Waals surface area contributed by atoms with Crippen LogP contribution in [0.3, 0.4) is 0 Å². The van der Waals surface area contributed by atoms with Crippen LogP contribution in [0.4, 0.5) is 0 Å². The minimum Gasteiger partial charge on any atom is -0.458 e. The van der Waals surface area contributed by atoms with Crippen LogP contribution in [-0.4, -0.2) is 45.5 Å². The predicted molar refractivity (Wildman–Crippen MR) is 139 cm³/mol. The SMILES string of the molecule is CC(=O)OC1C=C2C[C@@H](O[Si](C)(C)C(C)(C)C)CC[C@]2(C)C2CC[C@@]3(C)C(CCC34OCCO4)C12. The van der Waals surface area contributed by atoms with E-state index in [1.807, 2.05) is 0 Å². The van der Waals surface area contributed by atoms with Crippen LogP contribution in [0.15, 0.2) is 11.6 Å². The molecule has 0 amide bonds. The Balaban J connectivity index is 1.46. The predicted octanol–water partition coefficient (Wildman–Crippen LogP) is 6.62. The van der Waals surface area contributed by atoms with Gasteiger partial charge in [0.05, 0.1) is 13.2 Å². The van der Waals surface area contributed by atoms with Gasteiger partial charge in [0.25, 0.3) is 0 Å². The van der Waals surface area contributed by atoms with Gasteiger partial charge in [0.1, 0.15) is 6.10 Å². The first-order chi connectivity index (χ1) is 16.2. The van der Waals surface area contributed by atoms with Gasteiger partial charge in [0, 0.05) is 30.8 Å². The molecule has 35 heavy (non-hydrogen) atoms. The fourth-order valence-corrected chi connectivity index (χ4v) is 9.86. The lowest BCUT2D eigenvalue weighted by atomic mass is 9.47. The first kappa shape index (κ1) is 25.9. The maximum Gasteiger partial charge on any atom is 0.303 e. The van der Waals surface area contributed by atoms with E-state index in [4.69, 9.17) is 18.6 Å². The summed E-state index contributed by atoms with van der Waals surface area (Å²) in [4.78, 5) is 12.3. The third-order valence-electron chi connectivity index (χ3n) is 11.4. The average Bonchev–Trinajstić information content (AvgIpc) is 3.34. The standard InChI is InChI=1S/C29H48O5Si/c1-19(30)33-24-18-20-17-21(34-35(7,8)26(2,3)4)9-12-27(20,5)22-10-13-28(6)23(25(22)24)11-14-29(28)31-15-16-32-29/h18,21-25H,9-17H2,1-8H3/t21-,22?,23?,24?,25?,27-,28-/m0/s1. The highest BCUT2D eigenvalue weighted by atomic mass is 28.4. The number of esters is 1. The number of rotatable bonds is 3. The summed E-state index contributed by atoms with van der Waals surface area (Å²) in [7, 11) is -1.84. The second kappa shape index (κ2) is 8.41. The van der Waals surface area contributed by atoms with Crippen LogP contribution in [0, 0.1) is 28.6 Å². The van der Waals surface area contributed by atoms with E-state index in [1.165, 1.54) is 5.57 Å². The molecule has 5 nitrogen and oxygen atoms in total. The lowest BCUT2D eigenvalue weighted by Gasteiger charge is -2.60. The Morgan fingerprint density at radius 2 is 1.69 bits per heavy atom. The van der Waals surface area contributed by atoms with E-state index in [-0.39, 0.29) is 34.0 Å². The van der Waals surface area contributed by atoms with E-state index in [0.717, 1.165) is 44.9 Å². The fraction of sp³-hybridized carbons (Fsp3) is 0.897. The Hall–Kier alpha value is -0.693. The summed E-state index contributed by atoms with van der Waals surface area (Å²) in [6.07, 6.45) is 10.0. The summed E-state index contributed by atoms with van der Waals surface area (Å²) in [6, 6.07) is 0. The third kappa shape index (κ3) is 3.92. The molecule has 0 radical (unpaired) electrons. The largest absolute Gasteiger partial charge is 0.458 e. The molecular weight excluding hydrogens is 456 g/mol. The van der Waals surface area contributed by atoms with Crippen LogP contribution in [0.2, 0.25) is 18.1 Å². The van der Waals surface area contributed by atoms with E-state index in [1.54, 1.807) is 6.92 Å². The zero-order valence-electron chi connectivity index (χ0n) is 23.4. The van der Waals surface area contributed by atoms with Gasteiger partial charge in [-0.3, -0.25) is 4.79 Å². The highest BCUT2D eigenvalue weighted by Gasteiger charge is 2.68. The topological polar surface area (TPSA) is 54.0 Å². The minimum absolute atomic E-state index is 0.0204. The smallest absolute Gasteiger partial charge is 0.303 e. The fourth-order valence-electron chi connectivity index (χ4n) is 8.47. The summed E-state index contributed by atoms with van der Waals surface area (Å²) in [5, 5.41) is 0.205. The van der Waals surface area contributed by atoms with Gasteiger partial charge in [0.15, 0.2) is 14.1 Å². The molecule has 6 heteroatoms. The number of ether oxygens (including phenoxy) is 3. The Bertz CT molecular complexity index is 884. The number of hydrogen-bond donors (Lipinski definition) is 0. The Morgan fingerprint density at radius 3 is 2.31 bits per heavy atom. The second-order valence-electron chi connectivity index (χ2n) is 14.2. The van der Waals surface area contributed by atoms with Crippen molar-refractivity contribution in [1.29, 1.82) is 0 Å². The van der Waals surface area contributed by atoms with Gasteiger partial charge >= 0.3 is 5.97 Å². The first-order valence-electron chi connectivity index (χ1n) is 14.1. The summed E-state index contributed by atoms with van der Waals surface area (Å²) in [5.74, 6) is 0.682. The van der Waals surface area contributed by atoms with Gasteiger partial charge in [-0.05, 0) is 80.0 Å². The van der Waals surface area contributed by atoms with Gasteiger partial charge in [-0.1, -0.05) is 40.2 Å². The highest BCUT2D eigenvalue weighted by molar-refractivity contribution is 6.74. The highest BCUT2D eigenvalue weighted by Crippen LogP contribution is 2.69. The quantitative estimate of drug-likeness (QED) is 0.245. The molecule has 5 rings (SSSR count). The third-order valence-corrected chi connectivity index (χ3v) is 16.0. The molecule has 0 aromatic carbocycles. The Labute approximate surface area is 213 Å². The number of hydrogen-bond acceptors (Lipinski definition) is 5. The van der Waals surface area contributed by atoms with E-state index in [2.05, 4.69) is 53.8 Å². The van der Waals surface area contributed by atoms with Crippen molar-refractivity contribution in [2.75, 3.05) is 13.2 Å². The molecule has 4 aliphatic carbocycles. The molecule has 0 bridgehead atoms. The van der Waals surface area contributed by atoms with Crippen molar-refractivity contribution in [2.24, 2.45) is 28.6 Å². The van der Waals surface area contributed by atoms with Crippen molar-refractivity contribution in [2.45, 2.75) is 123 Å². The van der Waals surface area contributed by atoms with Crippen molar-refractivity contribution < 1.29 is 23.4 Å². The molecule has 0 N–H and O–H groups in total. The summed E-state index contributed by atoms with van der Waals surface area (Å²) >= 11 is 0. The number of fused-ring (bicyclic) bond motifs is 6. The van der Waals surface area contributed by atoms with Gasteiger partial charge in [-0.15, -0.1) is 0 Å². The summed E-state index contributed by atoms with van der Waals surface area (Å²) in [5.41, 5.74) is 1.61. The molecule has 0 aromatic rings. The Kier molecular flexibility index (Phi) is 6.23. The van der Waals surface area contributed by atoms with Crippen molar-refractivity contribution in [3.05, 3.63) is 11.6 Å². The van der Waals surface area contributed by atoms with E-state index in [0.29, 0.717) is 31.0 Å². The van der Waals surface area contributed by atoms with Gasteiger partial charge < -0.3 is 18.6 Å². The lowest BCUT2D eigenvalue weighted by molar-refractivity contribution is -0.246. The molecule has 4 fully saturated rings. The normalized spacial score (nSPS) is 42.7. The van der Waals surface area contributed by atoms with E-state index >= 15 is 0 Å². The Morgan fingerprint density at radius 1 is 1.03 bits per heavy atom. The van der Waals surface area contributed by atoms with Gasteiger partial charge in [-0.2, -0.15) is 0 Å². The second-order valence-corrected chi connectivity index (χ2v) is 18.9. The molecular formula is C29H48O5Si. The zero-order chi connectivity index (χ0) is 25.4. The zero-order valence-corrected chi connectivity index (χ0v) is 24.4. The summed E-state index contributed by atoms with van der Waals surface area (Å²) in [6.45, 7) is 19.5. The molecule has 0 aromatic heterocycles. The van der Waals surface area contributed by atoms with E-state index in [9.17, 15) is 4.79 Å². The van der Waals surface area contributed by atoms with E-state index < -0.39 is 14.1 Å². The van der Waals surface area contributed by atoms with Gasteiger partial charge in [-0.25, -0.2) is 0 Å². The first-order valence-corrected chi connectivity index (χ1v) is 17.0. The summed E-state index contributed by atoms with van der Waals surface area (Å²) < 4.78 is 25.7. The molecule has 1 saturated heterocycles. The van der Waals surface area contributed by atoms with Crippen molar-refractivity contribution >= 4 is 14.3 Å². The average molecular weight is 505 g/mol.